The highest BCUT2D eigenvalue weighted by Crippen LogP contribution is 2.31. The number of methoxy groups -OCH3 is 1. The summed E-state index contributed by atoms with van der Waals surface area (Å²) < 4.78 is 23.8. The Balaban J connectivity index is 1.75. The Labute approximate surface area is 148 Å². The molecule has 0 bridgehead atoms. The normalized spacial score (nSPS) is 10.7. The molecule has 0 saturated heterocycles. The Bertz CT molecular complexity index is 1030. The van der Waals surface area contributed by atoms with Crippen molar-refractivity contribution in [3.8, 4) is 39.8 Å². The summed E-state index contributed by atoms with van der Waals surface area (Å²) in [5.74, 6) is 0.827. The summed E-state index contributed by atoms with van der Waals surface area (Å²) in [4.78, 5) is 12.5. The first-order valence-corrected chi connectivity index (χ1v) is 7.78. The summed E-state index contributed by atoms with van der Waals surface area (Å²) in [6.45, 7) is 0. The smallest absolute Gasteiger partial charge is 0.258 e. The molecule has 0 aliphatic heterocycles. The van der Waals surface area contributed by atoms with Gasteiger partial charge in [0.15, 0.2) is 0 Å². The summed E-state index contributed by atoms with van der Waals surface area (Å²) in [5.41, 5.74) is 2.97. The van der Waals surface area contributed by atoms with Crippen molar-refractivity contribution in [3.63, 3.8) is 0 Å². The minimum absolute atomic E-state index is 0.283. The second-order valence-corrected chi connectivity index (χ2v) is 5.48. The van der Waals surface area contributed by atoms with Gasteiger partial charge < -0.3 is 9.26 Å². The number of pyridine rings is 2. The fourth-order valence-electron chi connectivity index (χ4n) is 2.49. The average Bonchev–Trinajstić information content (AvgIpc) is 3.19. The minimum atomic E-state index is -0.425. The van der Waals surface area contributed by atoms with Crippen LogP contribution in [0, 0.1) is 5.82 Å². The highest BCUT2D eigenvalue weighted by atomic mass is 19.1. The van der Waals surface area contributed by atoms with Gasteiger partial charge in [0, 0.05) is 23.5 Å². The van der Waals surface area contributed by atoms with Crippen LogP contribution >= 0.6 is 0 Å². The summed E-state index contributed by atoms with van der Waals surface area (Å²) in [5, 5.41) is 3.93. The van der Waals surface area contributed by atoms with Gasteiger partial charge in [0.1, 0.15) is 17.3 Å². The van der Waals surface area contributed by atoms with Gasteiger partial charge in [0.25, 0.3) is 5.89 Å². The van der Waals surface area contributed by atoms with Gasteiger partial charge in [0.2, 0.25) is 5.82 Å². The van der Waals surface area contributed by atoms with Gasteiger partial charge in [0.05, 0.1) is 13.3 Å². The van der Waals surface area contributed by atoms with Gasteiger partial charge >= 0.3 is 0 Å². The number of hydrogen-bond acceptors (Lipinski definition) is 6. The molecule has 6 nitrogen and oxygen atoms in total. The summed E-state index contributed by atoms with van der Waals surface area (Å²) in [7, 11) is 1.59. The molecule has 0 atom stereocenters. The van der Waals surface area contributed by atoms with Crippen LogP contribution in [0.2, 0.25) is 0 Å². The van der Waals surface area contributed by atoms with Crippen LogP contribution < -0.4 is 4.74 Å². The Morgan fingerprint density at radius 3 is 2.62 bits per heavy atom. The van der Waals surface area contributed by atoms with E-state index in [1.165, 1.54) is 12.1 Å². The van der Waals surface area contributed by atoms with Gasteiger partial charge in [-0.3, -0.25) is 4.98 Å². The molecule has 26 heavy (non-hydrogen) atoms. The van der Waals surface area contributed by atoms with E-state index in [1.54, 1.807) is 25.6 Å². The van der Waals surface area contributed by atoms with Crippen molar-refractivity contribution >= 4 is 0 Å². The van der Waals surface area contributed by atoms with E-state index in [2.05, 4.69) is 20.1 Å². The number of halogens is 1. The maximum atomic E-state index is 13.0. The van der Waals surface area contributed by atoms with Gasteiger partial charge in [-0.15, -0.1) is 0 Å². The zero-order valence-corrected chi connectivity index (χ0v) is 13.8. The molecule has 0 spiro atoms. The van der Waals surface area contributed by atoms with E-state index in [0.717, 1.165) is 17.3 Å². The molecule has 0 unspecified atom stereocenters. The topological polar surface area (TPSA) is 73.9 Å². The summed E-state index contributed by atoms with van der Waals surface area (Å²) in [6.07, 6.45) is 4.59. The fraction of sp³-hybridized carbons (Fsp3) is 0.0526. The molecule has 0 aliphatic rings. The molecule has 3 heterocycles. The van der Waals surface area contributed by atoms with Crippen LogP contribution in [-0.2, 0) is 0 Å². The lowest BCUT2D eigenvalue weighted by Crippen LogP contribution is -1.89. The van der Waals surface area contributed by atoms with Crippen LogP contribution in [-0.4, -0.2) is 27.2 Å². The molecule has 4 aromatic rings. The predicted molar refractivity (Wildman–Crippen MR) is 92.7 cm³/mol. The molecule has 1 aromatic carbocycles. The van der Waals surface area contributed by atoms with Crippen LogP contribution in [0.1, 0.15) is 0 Å². The second kappa shape index (κ2) is 6.72. The molecular weight excluding hydrogens is 335 g/mol. The molecule has 0 aliphatic carbocycles. The maximum absolute atomic E-state index is 13.0. The van der Waals surface area contributed by atoms with Crippen molar-refractivity contribution in [2.45, 2.75) is 0 Å². The maximum Gasteiger partial charge on any atom is 0.258 e. The van der Waals surface area contributed by atoms with Crippen molar-refractivity contribution < 1.29 is 13.7 Å². The highest BCUT2D eigenvalue weighted by Gasteiger charge is 2.14. The SMILES string of the molecule is COc1cc(-c2cccnc2)cc(-c2nc(-c3ccc(F)cn3)no2)c1. The molecule has 3 aromatic heterocycles. The van der Waals surface area contributed by atoms with Crippen LogP contribution in [0.5, 0.6) is 5.75 Å². The molecule has 0 radical (unpaired) electrons. The first-order valence-electron chi connectivity index (χ1n) is 7.78. The lowest BCUT2D eigenvalue weighted by atomic mass is 10.0. The van der Waals surface area contributed by atoms with E-state index in [1.807, 2.05) is 24.3 Å². The third kappa shape index (κ3) is 3.14. The first kappa shape index (κ1) is 15.9. The largest absolute Gasteiger partial charge is 0.497 e. The lowest BCUT2D eigenvalue weighted by Gasteiger charge is -2.07. The first-order chi connectivity index (χ1) is 12.7. The van der Waals surface area contributed by atoms with E-state index in [-0.39, 0.29) is 5.82 Å². The van der Waals surface area contributed by atoms with Gasteiger partial charge in [-0.2, -0.15) is 4.98 Å². The predicted octanol–water partition coefficient (Wildman–Crippen LogP) is 4.01. The van der Waals surface area contributed by atoms with E-state index < -0.39 is 5.82 Å². The number of aromatic nitrogens is 4. The zero-order valence-electron chi connectivity index (χ0n) is 13.8. The van der Waals surface area contributed by atoms with Gasteiger partial charge in [-0.25, -0.2) is 9.37 Å². The monoisotopic (exact) mass is 348 g/mol. The number of ether oxygens (including phenoxy) is 1. The molecule has 0 amide bonds. The number of benzene rings is 1. The lowest BCUT2D eigenvalue weighted by molar-refractivity contribution is 0.413. The summed E-state index contributed by atoms with van der Waals surface area (Å²) >= 11 is 0. The van der Waals surface area contributed by atoms with Crippen molar-refractivity contribution in [2.75, 3.05) is 7.11 Å². The zero-order chi connectivity index (χ0) is 17.9. The van der Waals surface area contributed by atoms with Crippen LogP contribution in [0.3, 0.4) is 0 Å². The van der Waals surface area contributed by atoms with Gasteiger partial charge in [-0.1, -0.05) is 11.2 Å². The van der Waals surface area contributed by atoms with E-state index in [0.29, 0.717) is 22.9 Å². The molecular formula is C19H13FN4O2. The van der Waals surface area contributed by atoms with E-state index >= 15 is 0 Å². The van der Waals surface area contributed by atoms with Crippen molar-refractivity contribution in [1.29, 1.82) is 0 Å². The fourth-order valence-corrected chi connectivity index (χ4v) is 2.49. The van der Waals surface area contributed by atoms with Crippen molar-refractivity contribution in [2.24, 2.45) is 0 Å². The third-order valence-electron chi connectivity index (χ3n) is 3.77. The Hall–Kier alpha value is -3.61. The summed E-state index contributed by atoms with van der Waals surface area (Å²) in [6, 6.07) is 12.2. The van der Waals surface area contributed by atoms with E-state index in [4.69, 9.17) is 9.26 Å². The molecule has 4 rings (SSSR count). The molecule has 0 N–H and O–H groups in total. The van der Waals surface area contributed by atoms with Crippen LogP contribution in [0.4, 0.5) is 4.39 Å². The second-order valence-electron chi connectivity index (χ2n) is 5.48. The number of nitrogens with zero attached hydrogens (tertiary/aromatic N) is 4. The number of hydrogen-bond donors (Lipinski definition) is 0. The van der Waals surface area contributed by atoms with Gasteiger partial charge in [-0.05, 0) is 42.0 Å². The standard InChI is InChI=1S/C19H13FN4O2/c1-25-16-8-13(12-3-2-6-21-10-12)7-14(9-16)19-23-18(24-26-19)17-5-4-15(20)11-22-17/h2-11H,1H3. The minimum Gasteiger partial charge on any atom is -0.497 e. The Kier molecular flexibility index (Phi) is 4.10. The quantitative estimate of drug-likeness (QED) is 0.555. The Morgan fingerprint density at radius 1 is 1.00 bits per heavy atom. The molecule has 7 heteroatoms. The average molecular weight is 348 g/mol. The molecule has 0 saturated carbocycles. The van der Waals surface area contributed by atoms with Crippen molar-refractivity contribution in [1.82, 2.24) is 20.1 Å². The Morgan fingerprint density at radius 2 is 1.88 bits per heavy atom. The van der Waals surface area contributed by atoms with Crippen LogP contribution in [0.15, 0.2) is 65.6 Å². The molecule has 0 fully saturated rings. The number of rotatable bonds is 4. The third-order valence-corrected chi connectivity index (χ3v) is 3.77. The van der Waals surface area contributed by atoms with Crippen molar-refractivity contribution in [3.05, 3.63) is 66.9 Å². The molecule has 128 valence electrons. The van der Waals surface area contributed by atoms with E-state index in [9.17, 15) is 4.39 Å². The highest BCUT2D eigenvalue weighted by molar-refractivity contribution is 5.72. The van der Waals surface area contributed by atoms with Crippen LogP contribution in [0.25, 0.3) is 34.1 Å².